The second kappa shape index (κ2) is 11.3. The number of carbonyl (C=O) groups is 5. The second-order valence-electron chi connectivity index (χ2n) is 12.3. The first-order valence-electron chi connectivity index (χ1n) is 15.2. The molecule has 2 aromatic carbocycles. The minimum absolute atomic E-state index is 0.107. The number of benzene rings is 2. The van der Waals surface area contributed by atoms with Crippen LogP contribution in [0.2, 0.25) is 0 Å². The third-order valence-electron chi connectivity index (χ3n) is 9.46. The number of aliphatic hydroxyl groups excluding tert-OH is 3. The molecule has 2 aliphatic heterocycles. The van der Waals surface area contributed by atoms with Crippen LogP contribution in [0.1, 0.15) is 49.8 Å². The van der Waals surface area contributed by atoms with Gasteiger partial charge in [0.05, 0.1) is 25.4 Å². The predicted molar refractivity (Wildman–Crippen MR) is 164 cm³/mol. The standard InChI is InChI=1S/C34H32O15/c1-12-11-19-23(28(42)24-17(37)8-9-20(39)33(24,48-19)31(43)45-4)26(40)21(12)15-6-7-16(36)22-27(41)25-18(38)10-13(2)30(47-14(3)35)34(25,32(44)46-5)49-29(15)22/h6-7,11,13,20,30,36,39-42H,8-10H2,1-5H3/t13-,20?,30-,33-,34+/m0/s1. The Bertz CT molecular complexity index is 1950. The van der Waals surface area contributed by atoms with E-state index in [1.54, 1.807) is 0 Å². The fourth-order valence-corrected chi connectivity index (χ4v) is 7.39. The number of methoxy groups -OCH3 is 2. The number of hydrogen-bond donors (Lipinski definition) is 5. The fourth-order valence-electron chi connectivity index (χ4n) is 7.39. The van der Waals surface area contributed by atoms with Gasteiger partial charge in [-0.25, -0.2) is 9.59 Å². The van der Waals surface area contributed by atoms with E-state index in [4.69, 9.17) is 23.7 Å². The Hall–Kier alpha value is -5.57. The van der Waals surface area contributed by atoms with Crippen LogP contribution in [-0.4, -0.2) is 92.6 Å². The number of rotatable bonds is 4. The molecule has 15 heteroatoms. The molecule has 0 radical (unpaired) electrons. The molecule has 2 fully saturated rings. The van der Waals surface area contributed by atoms with Gasteiger partial charge in [-0.2, -0.15) is 0 Å². The minimum Gasteiger partial charge on any atom is -0.507 e. The second-order valence-corrected chi connectivity index (χ2v) is 12.3. The van der Waals surface area contributed by atoms with Crippen molar-refractivity contribution in [2.45, 2.75) is 63.4 Å². The van der Waals surface area contributed by atoms with Gasteiger partial charge >= 0.3 is 17.9 Å². The van der Waals surface area contributed by atoms with Gasteiger partial charge < -0.3 is 49.2 Å². The van der Waals surface area contributed by atoms with Crippen molar-refractivity contribution in [1.82, 2.24) is 0 Å². The molecule has 5 atom stereocenters. The number of phenols is 2. The number of carbonyl (C=O) groups excluding carboxylic acids is 5. The number of fused-ring (bicyclic) bond motifs is 4. The summed E-state index contributed by atoms with van der Waals surface area (Å²) in [5, 5.41) is 56.9. The lowest BCUT2D eigenvalue weighted by atomic mass is 9.69. The summed E-state index contributed by atoms with van der Waals surface area (Å²) in [6, 6.07) is 3.67. The zero-order valence-electron chi connectivity index (χ0n) is 26.9. The van der Waals surface area contributed by atoms with Crippen LogP contribution in [0, 0.1) is 12.8 Å². The summed E-state index contributed by atoms with van der Waals surface area (Å²) in [6.07, 6.45) is -3.83. The maximum atomic E-state index is 13.7. The van der Waals surface area contributed by atoms with Crippen molar-refractivity contribution in [2.24, 2.45) is 5.92 Å². The zero-order valence-corrected chi connectivity index (χ0v) is 26.9. The van der Waals surface area contributed by atoms with Gasteiger partial charge in [-0.15, -0.1) is 0 Å². The summed E-state index contributed by atoms with van der Waals surface area (Å²) in [7, 11) is 2.01. The molecule has 15 nitrogen and oxygen atoms in total. The summed E-state index contributed by atoms with van der Waals surface area (Å²) < 4.78 is 27.7. The molecule has 2 saturated carbocycles. The Morgan fingerprint density at radius 3 is 2.12 bits per heavy atom. The molecule has 2 aliphatic carbocycles. The number of ether oxygens (including phenoxy) is 5. The third-order valence-corrected chi connectivity index (χ3v) is 9.46. The molecule has 1 unspecified atom stereocenters. The molecule has 2 aromatic rings. The van der Waals surface area contributed by atoms with Crippen LogP contribution in [0.5, 0.6) is 23.0 Å². The van der Waals surface area contributed by atoms with Crippen LogP contribution in [-0.2, 0) is 38.2 Å². The quantitative estimate of drug-likeness (QED) is 0.231. The van der Waals surface area contributed by atoms with Crippen LogP contribution < -0.4 is 9.47 Å². The largest absolute Gasteiger partial charge is 0.507 e. The van der Waals surface area contributed by atoms with Crippen molar-refractivity contribution in [2.75, 3.05) is 14.2 Å². The highest BCUT2D eigenvalue weighted by Crippen LogP contribution is 2.57. The first-order valence-corrected chi connectivity index (χ1v) is 15.2. The van der Waals surface area contributed by atoms with E-state index >= 15 is 0 Å². The van der Waals surface area contributed by atoms with Gasteiger partial charge in [0.1, 0.15) is 51.7 Å². The molecule has 6 rings (SSSR count). The van der Waals surface area contributed by atoms with E-state index in [1.165, 1.54) is 26.0 Å². The number of ketones is 2. The molecule has 258 valence electrons. The van der Waals surface area contributed by atoms with Crippen molar-refractivity contribution in [1.29, 1.82) is 0 Å². The lowest BCUT2D eigenvalue weighted by molar-refractivity contribution is -0.185. The zero-order chi connectivity index (χ0) is 35.9. The van der Waals surface area contributed by atoms with Crippen LogP contribution >= 0.6 is 0 Å². The number of phenolic OH excluding ortho intramolecular Hbond substituents is 2. The van der Waals surface area contributed by atoms with E-state index in [1.807, 2.05) is 0 Å². The SMILES string of the molecule is COC(=O)[C@@]12Oc3cc(C)c(-c4ccc(O)c5c4O[C@]4(C(=O)OC)C(=C5O)C(=O)C[C@H](C)[C@@H]4OC(C)=O)c(O)c3C(O)=C1C(=O)CCC2O. The molecule has 0 saturated heterocycles. The monoisotopic (exact) mass is 680 g/mol. The lowest BCUT2D eigenvalue weighted by Crippen LogP contribution is -2.65. The molecule has 49 heavy (non-hydrogen) atoms. The van der Waals surface area contributed by atoms with Gasteiger partial charge in [-0.1, -0.05) is 6.92 Å². The van der Waals surface area contributed by atoms with E-state index in [9.17, 15) is 49.5 Å². The Morgan fingerprint density at radius 1 is 0.878 bits per heavy atom. The van der Waals surface area contributed by atoms with Crippen LogP contribution in [0.3, 0.4) is 0 Å². The average Bonchev–Trinajstić information content (AvgIpc) is 3.04. The summed E-state index contributed by atoms with van der Waals surface area (Å²) in [4.78, 5) is 65.6. The van der Waals surface area contributed by atoms with E-state index in [2.05, 4.69) is 0 Å². The van der Waals surface area contributed by atoms with E-state index in [0.717, 1.165) is 27.2 Å². The van der Waals surface area contributed by atoms with Crippen molar-refractivity contribution >= 4 is 41.0 Å². The highest BCUT2D eigenvalue weighted by atomic mass is 16.6. The van der Waals surface area contributed by atoms with E-state index < -0.39 is 110 Å². The Kier molecular flexibility index (Phi) is 7.66. The van der Waals surface area contributed by atoms with Gasteiger partial charge in [0.2, 0.25) is 0 Å². The number of aryl methyl sites for hydroxylation is 1. The van der Waals surface area contributed by atoms with Gasteiger partial charge in [0, 0.05) is 36.8 Å². The first kappa shape index (κ1) is 33.3. The van der Waals surface area contributed by atoms with Gasteiger partial charge in [0.25, 0.3) is 11.2 Å². The van der Waals surface area contributed by atoms with Crippen LogP contribution in [0.25, 0.3) is 22.6 Å². The van der Waals surface area contributed by atoms with Crippen LogP contribution in [0.4, 0.5) is 0 Å². The Morgan fingerprint density at radius 2 is 1.49 bits per heavy atom. The van der Waals surface area contributed by atoms with E-state index in [0.29, 0.717) is 0 Å². The third kappa shape index (κ3) is 4.34. The molecular formula is C34H32O15. The summed E-state index contributed by atoms with van der Waals surface area (Å²) in [6.45, 7) is 4.09. The summed E-state index contributed by atoms with van der Waals surface area (Å²) in [5.74, 6) is -9.34. The number of aliphatic hydroxyl groups is 3. The number of Topliss-reactive ketones (excluding diaryl/α,β-unsaturated/α-hetero) is 2. The topological polar surface area (TPSA) is 233 Å². The smallest absolute Gasteiger partial charge is 0.359 e. The van der Waals surface area contributed by atoms with Crippen molar-refractivity contribution in [3.05, 3.63) is 46.0 Å². The molecule has 4 aliphatic rings. The summed E-state index contributed by atoms with van der Waals surface area (Å²) in [5.41, 5.74) is -7.19. The molecule has 5 N–H and O–H groups in total. The normalized spacial score (nSPS) is 27.1. The van der Waals surface area contributed by atoms with Gasteiger partial charge in [-0.3, -0.25) is 14.4 Å². The Labute approximate surface area is 277 Å². The maximum absolute atomic E-state index is 13.7. The highest BCUT2D eigenvalue weighted by molar-refractivity contribution is 6.14. The predicted octanol–water partition coefficient (Wildman–Crippen LogP) is 2.48. The molecule has 0 spiro atoms. The number of aromatic hydroxyl groups is 2. The highest BCUT2D eigenvalue weighted by Gasteiger charge is 2.65. The molecule has 0 amide bonds. The van der Waals surface area contributed by atoms with Crippen molar-refractivity contribution in [3.63, 3.8) is 0 Å². The molecule has 2 heterocycles. The van der Waals surface area contributed by atoms with Crippen molar-refractivity contribution in [3.8, 4) is 34.1 Å². The number of esters is 3. The minimum atomic E-state index is -2.56. The first-order chi connectivity index (χ1) is 23.1. The number of hydrogen-bond acceptors (Lipinski definition) is 15. The van der Waals surface area contributed by atoms with Crippen molar-refractivity contribution < 1.29 is 73.2 Å². The van der Waals surface area contributed by atoms with Crippen LogP contribution in [0.15, 0.2) is 29.3 Å². The van der Waals surface area contributed by atoms with Gasteiger partial charge in [-0.05, 0) is 37.1 Å². The molecule has 0 aromatic heterocycles. The maximum Gasteiger partial charge on any atom is 0.359 e. The molecule has 0 bridgehead atoms. The average molecular weight is 681 g/mol. The molecular weight excluding hydrogens is 648 g/mol. The fraction of sp³-hybridized carbons (Fsp3) is 0.382. The van der Waals surface area contributed by atoms with Gasteiger partial charge in [0.15, 0.2) is 17.7 Å². The Balaban J connectivity index is 1.65. The summed E-state index contributed by atoms with van der Waals surface area (Å²) >= 11 is 0. The lowest BCUT2D eigenvalue weighted by Gasteiger charge is -2.46. The van der Waals surface area contributed by atoms with E-state index in [-0.39, 0.29) is 41.7 Å².